The summed E-state index contributed by atoms with van der Waals surface area (Å²) in [5, 5.41) is 10.2. The highest BCUT2D eigenvalue weighted by Crippen LogP contribution is 2.45. The molecule has 0 rings (SSSR count). The fourth-order valence-electron chi connectivity index (χ4n) is 5.64. The first-order chi connectivity index (χ1) is 28.7. The number of carbonyl (C=O) groups excluding carboxylic acids is 4. The molecule has 0 aliphatic heterocycles. The van der Waals surface area contributed by atoms with E-state index in [0.717, 1.165) is 38.5 Å². The van der Waals surface area contributed by atoms with E-state index in [1.807, 2.05) is 6.92 Å². The Labute approximate surface area is 358 Å². The number of aliphatic hydroxyl groups is 1. The van der Waals surface area contributed by atoms with Gasteiger partial charge in [-0.1, -0.05) is 130 Å². The van der Waals surface area contributed by atoms with Gasteiger partial charge in [0, 0.05) is 25.7 Å². The second-order valence-corrected chi connectivity index (χ2v) is 17.9. The Balaban J connectivity index is 4.74. The summed E-state index contributed by atoms with van der Waals surface area (Å²) in [6.45, 7) is 3.74. The van der Waals surface area contributed by atoms with Gasteiger partial charge in [-0.05, 0) is 25.7 Å². The first-order valence-corrected chi connectivity index (χ1v) is 25.3. The zero-order valence-corrected chi connectivity index (χ0v) is 38.7. The average molecular weight is 905 g/mol. The molecule has 5 atom stereocenters. The number of rotatable bonds is 42. The van der Waals surface area contributed by atoms with Gasteiger partial charge in [-0.15, -0.1) is 0 Å². The minimum absolute atomic E-state index is 0.0863. The number of phosphoric acid groups is 2. The van der Waals surface area contributed by atoms with Crippen LogP contribution in [0.3, 0.4) is 0 Å². The highest BCUT2D eigenvalue weighted by molar-refractivity contribution is 7.47. The minimum atomic E-state index is -4.89. The third-order valence-electron chi connectivity index (χ3n) is 9.04. The van der Waals surface area contributed by atoms with Crippen LogP contribution in [-0.2, 0) is 65.4 Å². The monoisotopic (exact) mass is 904 g/mol. The van der Waals surface area contributed by atoms with Gasteiger partial charge in [0.15, 0.2) is 12.2 Å². The van der Waals surface area contributed by atoms with Gasteiger partial charge in [-0.3, -0.25) is 37.3 Å². The van der Waals surface area contributed by atoms with Crippen LogP contribution in [0.1, 0.15) is 182 Å². The van der Waals surface area contributed by atoms with E-state index in [0.29, 0.717) is 25.7 Å². The zero-order valence-electron chi connectivity index (χ0n) is 36.9. The number of ether oxygens (including phenoxy) is 4. The Hall–Kier alpha value is -1.94. The van der Waals surface area contributed by atoms with E-state index >= 15 is 0 Å². The molecule has 0 aliphatic carbocycles. The van der Waals surface area contributed by atoms with Crippen molar-refractivity contribution in [3.63, 3.8) is 0 Å². The van der Waals surface area contributed by atoms with Crippen molar-refractivity contribution in [2.24, 2.45) is 0 Å². The molecular formula is C41H78O17P2. The molecule has 0 saturated heterocycles. The highest BCUT2D eigenvalue weighted by Gasteiger charge is 2.30. The van der Waals surface area contributed by atoms with Crippen molar-refractivity contribution in [2.75, 3.05) is 39.6 Å². The standard InChI is InChI=1S/C41H78O17P2/c1-5-9-11-12-13-14-15-16-17-18-19-20-21-22-24-28-41(46)58-37(32-52-39(44)26-8-4)34-56-60(49,50)54-30-35(42)29-53-59(47,48)55-33-36(31-51-38(43)25-7-3)57-40(45)27-23-10-6-2/h35-37,42H,5-34H2,1-4H3,(H,47,48)(H,49,50)/t35-,36+,37+/m0/s1. The van der Waals surface area contributed by atoms with Crippen molar-refractivity contribution in [1.82, 2.24) is 0 Å². The van der Waals surface area contributed by atoms with Crippen molar-refractivity contribution in [3.05, 3.63) is 0 Å². The van der Waals surface area contributed by atoms with Gasteiger partial charge in [0.25, 0.3) is 0 Å². The van der Waals surface area contributed by atoms with E-state index < -0.39 is 97.5 Å². The van der Waals surface area contributed by atoms with Crippen LogP contribution >= 0.6 is 15.6 Å². The molecule has 0 aromatic carbocycles. The number of aliphatic hydroxyl groups excluding tert-OH is 1. The molecule has 0 aliphatic rings. The summed E-state index contributed by atoms with van der Waals surface area (Å²) in [7, 11) is -9.77. The van der Waals surface area contributed by atoms with Gasteiger partial charge in [0.1, 0.15) is 19.3 Å². The molecular weight excluding hydrogens is 826 g/mol. The first kappa shape index (κ1) is 58.1. The molecule has 0 fully saturated rings. The number of hydrogen-bond acceptors (Lipinski definition) is 15. The number of hydrogen-bond donors (Lipinski definition) is 3. The van der Waals surface area contributed by atoms with Gasteiger partial charge in [-0.2, -0.15) is 0 Å². The molecule has 19 heteroatoms. The van der Waals surface area contributed by atoms with E-state index in [1.54, 1.807) is 13.8 Å². The smallest absolute Gasteiger partial charge is 0.462 e. The van der Waals surface area contributed by atoms with Crippen LogP contribution in [0.5, 0.6) is 0 Å². The molecule has 0 bridgehead atoms. The van der Waals surface area contributed by atoms with E-state index in [1.165, 1.54) is 64.2 Å². The van der Waals surface area contributed by atoms with Gasteiger partial charge in [0.2, 0.25) is 0 Å². The summed E-state index contributed by atoms with van der Waals surface area (Å²) < 4.78 is 65.3. The maximum absolute atomic E-state index is 12.6. The summed E-state index contributed by atoms with van der Waals surface area (Å²) in [6.07, 6.45) is 17.2. The fourth-order valence-corrected chi connectivity index (χ4v) is 7.22. The van der Waals surface area contributed by atoms with Gasteiger partial charge in [-0.25, -0.2) is 9.13 Å². The van der Waals surface area contributed by atoms with Crippen molar-refractivity contribution < 1.29 is 80.2 Å². The van der Waals surface area contributed by atoms with Crippen LogP contribution in [0.15, 0.2) is 0 Å². The van der Waals surface area contributed by atoms with E-state index in [9.17, 15) is 43.2 Å². The summed E-state index contributed by atoms with van der Waals surface area (Å²) in [5.41, 5.74) is 0. The normalized spacial score (nSPS) is 15.0. The Morgan fingerprint density at radius 3 is 1.05 bits per heavy atom. The highest BCUT2D eigenvalue weighted by atomic mass is 31.2. The molecule has 0 radical (unpaired) electrons. The molecule has 17 nitrogen and oxygen atoms in total. The second-order valence-electron chi connectivity index (χ2n) is 15.0. The predicted octanol–water partition coefficient (Wildman–Crippen LogP) is 8.97. The lowest BCUT2D eigenvalue weighted by molar-refractivity contribution is -0.161. The summed E-state index contributed by atoms with van der Waals surface area (Å²) in [4.78, 5) is 68.9. The maximum atomic E-state index is 12.6. The quantitative estimate of drug-likeness (QED) is 0.0224. The van der Waals surface area contributed by atoms with Gasteiger partial charge >= 0.3 is 39.5 Å². The van der Waals surface area contributed by atoms with E-state index in [2.05, 4.69) is 6.92 Å². The zero-order chi connectivity index (χ0) is 44.9. The molecule has 0 aromatic rings. The molecule has 2 unspecified atom stereocenters. The Morgan fingerprint density at radius 1 is 0.400 bits per heavy atom. The van der Waals surface area contributed by atoms with Crippen LogP contribution in [0.2, 0.25) is 0 Å². The largest absolute Gasteiger partial charge is 0.472 e. The second kappa shape index (κ2) is 37.6. The Morgan fingerprint density at radius 2 is 0.700 bits per heavy atom. The summed E-state index contributed by atoms with van der Waals surface area (Å²) in [6, 6.07) is 0. The predicted molar refractivity (Wildman–Crippen MR) is 225 cm³/mol. The maximum Gasteiger partial charge on any atom is 0.472 e. The molecule has 0 saturated carbocycles. The number of esters is 4. The average Bonchev–Trinajstić information content (AvgIpc) is 3.20. The fraction of sp³-hybridized carbons (Fsp3) is 0.902. The third kappa shape index (κ3) is 36.7. The van der Waals surface area contributed by atoms with Crippen molar-refractivity contribution in [1.29, 1.82) is 0 Å². The molecule has 0 heterocycles. The number of unbranched alkanes of at least 4 members (excludes halogenated alkanes) is 16. The van der Waals surface area contributed by atoms with Crippen molar-refractivity contribution in [3.8, 4) is 0 Å². The van der Waals surface area contributed by atoms with Crippen LogP contribution < -0.4 is 0 Å². The van der Waals surface area contributed by atoms with Gasteiger partial charge < -0.3 is 33.8 Å². The molecule has 0 spiro atoms. The van der Waals surface area contributed by atoms with Crippen molar-refractivity contribution in [2.45, 2.75) is 200 Å². The van der Waals surface area contributed by atoms with Crippen LogP contribution in [0.25, 0.3) is 0 Å². The van der Waals surface area contributed by atoms with Crippen molar-refractivity contribution >= 4 is 39.5 Å². The Kier molecular flexibility index (Phi) is 36.4. The van der Waals surface area contributed by atoms with E-state index in [4.69, 9.17) is 37.0 Å². The molecule has 0 amide bonds. The van der Waals surface area contributed by atoms with Crippen LogP contribution in [0, 0.1) is 0 Å². The topological polar surface area (TPSA) is 237 Å². The van der Waals surface area contributed by atoms with E-state index in [-0.39, 0.29) is 25.7 Å². The third-order valence-corrected chi connectivity index (χ3v) is 10.9. The lowest BCUT2D eigenvalue weighted by atomic mass is 10.0. The number of phosphoric ester groups is 2. The first-order valence-electron chi connectivity index (χ1n) is 22.3. The van der Waals surface area contributed by atoms with Gasteiger partial charge in [0.05, 0.1) is 26.4 Å². The SMILES string of the molecule is CCCCCCCCCCCCCCCCCC(=O)O[C@H](COC(=O)CCC)COP(=O)(O)OC[C@@H](O)COP(=O)(O)OC[C@@H](COC(=O)CCC)OC(=O)CCCCC. The lowest BCUT2D eigenvalue weighted by Gasteiger charge is -2.21. The molecule has 3 N–H and O–H groups in total. The molecule has 354 valence electrons. The molecule has 0 aromatic heterocycles. The van der Waals surface area contributed by atoms with Crippen LogP contribution in [0.4, 0.5) is 0 Å². The lowest BCUT2D eigenvalue weighted by Crippen LogP contribution is -2.30. The number of carbonyl (C=O) groups is 4. The molecule has 60 heavy (non-hydrogen) atoms. The minimum Gasteiger partial charge on any atom is -0.462 e. The van der Waals surface area contributed by atoms with Crippen LogP contribution in [-0.4, -0.2) is 96.7 Å². The summed E-state index contributed by atoms with van der Waals surface area (Å²) >= 11 is 0. The Bertz CT molecular complexity index is 1220. The summed E-state index contributed by atoms with van der Waals surface area (Å²) in [5.74, 6) is -2.31.